The molecule has 0 aliphatic carbocycles. The van der Waals surface area contributed by atoms with Crippen LogP contribution < -0.4 is 5.32 Å². The minimum Gasteiger partial charge on any atom is -0.504 e. The molecule has 0 spiro atoms. The van der Waals surface area contributed by atoms with E-state index in [0.717, 1.165) is 5.56 Å². The number of nitrogens with one attached hydrogen (secondary N) is 1. The van der Waals surface area contributed by atoms with Gasteiger partial charge in [0, 0.05) is 12.1 Å². The smallest absolute Gasteiger partial charge is 0.251 e. The lowest BCUT2D eigenvalue weighted by molar-refractivity contribution is 0.0951. The van der Waals surface area contributed by atoms with Gasteiger partial charge in [0.1, 0.15) is 5.52 Å². The number of amides is 1. The van der Waals surface area contributed by atoms with E-state index in [1.54, 1.807) is 18.2 Å². The van der Waals surface area contributed by atoms with Gasteiger partial charge in [-0.1, -0.05) is 53.5 Å². The van der Waals surface area contributed by atoms with Crippen molar-refractivity contribution >= 4 is 40.2 Å². The minimum absolute atomic E-state index is 0.0824. The van der Waals surface area contributed by atoms with Crippen molar-refractivity contribution in [1.29, 1.82) is 0 Å². The number of pyridine rings is 1. The molecule has 0 aliphatic rings. The third-order valence-corrected chi connectivity index (χ3v) is 4.83. The van der Waals surface area contributed by atoms with Crippen molar-refractivity contribution in [2.24, 2.45) is 0 Å². The summed E-state index contributed by atoms with van der Waals surface area (Å²) in [5.41, 5.74) is 3.11. The highest BCUT2D eigenvalue weighted by Crippen LogP contribution is 2.31. The van der Waals surface area contributed by atoms with Crippen LogP contribution in [0.4, 0.5) is 0 Å². The Morgan fingerprint density at radius 3 is 2.62 bits per heavy atom. The second kappa shape index (κ2) is 8.11. The van der Waals surface area contributed by atoms with E-state index in [1.807, 2.05) is 30.3 Å². The van der Waals surface area contributed by atoms with E-state index < -0.39 is 0 Å². The van der Waals surface area contributed by atoms with E-state index in [2.05, 4.69) is 15.3 Å². The van der Waals surface area contributed by atoms with Crippen LogP contribution >= 0.6 is 23.2 Å². The molecule has 0 saturated heterocycles. The first kappa shape index (κ1) is 19.2. The van der Waals surface area contributed by atoms with Crippen LogP contribution in [-0.2, 0) is 13.0 Å². The molecule has 2 N–H and O–H groups in total. The summed E-state index contributed by atoms with van der Waals surface area (Å²) in [7, 11) is 0. The first-order chi connectivity index (χ1) is 14.0. The van der Waals surface area contributed by atoms with Gasteiger partial charge in [-0.05, 0) is 29.8 Å². The van der Waals surface area contributed by atoms with Crippen molar-refractivity contribution in [3.63, 3.8) is 0 Å². The number of hydrogen-bond donors (Lipinski definition) is 2. The number of carbonyl (C=O) groups excluding carboxylic acids is 1. The predicted molar refractivity (Wildman–Crippen MR) is 110 cm³/mol. The molecule has 0 bridgehead atoms. The summed E-state index contributed by atoms with van der Waals surface area (Å²) in [6.07, 6.45) is 0.240. The van der Waals surface area contributed by atoms with E-state index in [0.29, 0.717) is 34.8 Å². The Kier molecular flexibility index (Phi) is 5.38. The Balaban J connectivity index is 1.51. The zero-order valence-electron chi connectivity index (χ0n) is 15.0. The monoisotopic (exact) mass is 427 g/mol. The Bertz CT molecular complexity index is 1170. The van der Waals surface area contributed by atoms with E-state index in [9.17, 15) is 9.90 Å². The molecule has 0 unspecified atom stereocenters. The largest absolute Gasteiger partial charge is 0.504 e. The van der Waals surface area contributed by atoms with Gasteiger partial charge in [0.15, 0.2) is 16.5 Å². The van der Waals surface area contributed by atoms with Gasteiger partial charge in [0.05, 0.1) is 17.1 Å². The molecule has 2 aromatic carbocycles. The van der Waals surface area contributed by atoms with Crippen LogP contribution in [0.15, 0.2) is 59.0 Å². The normalized spacial score (nSPS) is 11.0. The lowest BCUT2D eigenvalue weighted by Crippen LogP contribution is -2.22. The van der Waals surface area contributed by atoms with Crippen molar-refractivity contribution in [3.05, 3.63) is 87.5 Å². The zero-order chi connectivity index (χ0) is 20.4. The summed E-state index contributed by atoms with van der Waals surface area (Å²) in [5.74, 6) is -0.0690. The fourth-order valence-corrected chi connectivity index (χ4v) is 3.31. The summed E-state index contributed by atoms with van der Waals surface area (Å²) < 4.78 is 5.76. The number of carbonyl (C=O) groups is 1. The number of fused-ring (bicyclic) bond motifs is 1. The Labute approximate surface area is 176 Å². The highest BCUT2D eigenvalue weighted by Gasteiger charge is 2.14. The van der Waals surface area contributed by atoms with Crippen molar-refractivity contribution in [2.75, 3.05) is 0 Å². The fourth-order valence-electron chi connectivity index (χ4n) is 2.84. The molecule has 0 aliphatic heterocycles. The molecule has 29 heavy (non-hydrogen) atoms. The SMILES string of the molecule is O=C(NCc1ccccc1)c1ccc2nc(Cc3cc(Cl)c(O)c(Cl)n3)oc2c1. The zero-order valence-corrected chi connectivity index (χ0v) is 16.5. The molecule has 4 rings (SSSR count). The first-order valence-electron chi connectivity index (χ1n) is 8.75. The molecule has 2 aromatic heterocycles. The van der Waals surface area contributed by atoms with Crippen LogP contribution in [0.2, 0.25) is 10.2 Å². The predicted octanol–water partition coefficient (Wildman–Crippen LogP) is 4.76. The van der Waals surface area contributed by atoms with Gasteiger partial charge >= 0.3 is 0 Å². The Morgan fingerprint density at radius 2 is 1.86 bits per heavy atom. The van der Waals surface area contributed by atoms with Crippen LogP contribution in [-0.4, -0.2) is 21.0 Å². The topological polar surface area (TPSA) is 88.2 Å². The average Bonchev–Trinajstić information content (AvgIpc) is 3.12. The highest BCUT2D eigenvalue weighted by atomic mass is 35.5. The summed E-state index contributed by atoms with van der Waals surface area (Å²) >= 11 is 11.8. The van der Waals surface area contributed by atoms with Crippen molar-refractivity contribution in [1.82, 2.24) is 15.3 Å². The van der Waals surface area contributed by atoms with E-state index >= 15 is 0 Å². The molecule has 146 valence electrons. The number of nitrogens with zero attached hydrogens (tertiary/aromatic N) is 2. The summed E-state index contributed by atoms with van der Waals surface area (Å²) in [4.78, 5) is 20.9. The molecule has 4 aromatic rings. The maximum atomic E-state index is 12.4. The molecule has 0 atom stereocenters. The molecule has 6 nitrogen and oxygen atoms in total. The van der Waals surface area contributed by atoms with Gasteiger partial charge < -0.3 is 14.8 Å². The molecule has 1 amide bonds. The van der Waals surface area contributed by atoms with Gasteiger partial charge in [-0.25, -0.2) is 9.97 Å². The number of oxazole rings is 1. The summed E-state index contributed by atoms with van der Waals surface area (Å²) in [6.45, 7) is 0.438. The summed E-state index contributed by atoms with van der Waals surface area (Å²) in [5, 5.41) is 12.5. The van der Waals surface area contributed by atoms with Crippen LogP contribution in [0, 0.1) is 0 Å². The van der Waals surface area contributed by atoms with Crippen LogP contribution in [0.1, 0.15) is 27.5 Å². The van der Waals surface area contributed by atoms with Gasteiger partial charge in [-0.2, -0.15) is 0 Å². The number of halogens is 2. The molecular weight excluding hydrogens is 413 g/mol. The van der Waals surface area contributed by atoms with Gasteiger partial charge in [-0.15, -0.1) is 0 Å². The number of hydrogen-bond acceptors (Lipinski definition) is 5. The second-order valence-corrected chi connectivity index (χ2v) is 7.14. The molecule has 0 saturated carbocycles. The fraction of sp³-hybridized carbons (Fsp3) is 0.0952. The standard InChI is InChI=1S/C21H15Cl2N3O3/c22-15-9-14(25-20(23)19(15)27)10-18-26-16-7-6-13(8-17(16)29-18)21(28)24-11-12-4-2-1-3-5-12/h1-9,27H,10-11H2,(H,24,28). The maximum Gasteiger partial charge on any atom is 0.251 e. The van der Waals surface area contributed by atoms with E-state index in [-0.39, 0.29) is 28.3 Å². The van der Waals surface area contributed by atoms with E-state index in [1.165, 1.54) is 6.07 Å². The molecular formula is C21H15Cl2N3O3. The number of rotatable bonds is 5. The highest BCUT2D eigenvalue weighted by molar-refractivity contribution is 6.36. The summed E-state index contributed by atoms with van der Waals surface area (Å²) in [6, 6.07) is 16.2. The first-order valence-corrected chi connectivity index (χ1v) is 9.50. The Morgan fingerprint density at radius 1 is 1.07 bits per heavy atom. The van der Waals surface area contributed by atoms with Gasteiger partial charge in [0.25, 0.3) is 5.91 Å². The van der Waals surface area contributed by atoms with Crippen LogP contribution in [0.25, 0.3) is 11.1 Å². The van der Waals surface area contributed by atoms with Crippen molar-refractivity contribution in [3.8, 4) is 5.75 Å². The van der Waals surface area contributed by atoms with Crippen molar-refractivity contribution < 1.29 is 14.3 Å². The van der Waals surface area contributed by atoms with Crippen LogP contribution in [0.5, 0.6) is 5.75 Å². The van der Waals surface area contributed by atoms with Crippen LogP contribution in [0.3, 0.4) is 0 Å². The third-order valence-electron chi connectivity index (χ3n) is 4.28. The lowest BCUT2D eigenvalue weighted by Gasteiger charge is -2.05. The van der Waals surface area contributed by atoms with Gasteiger partial charge in [-0.3, -0.25) is 4.79 Å². The maximum absolute atomic E-state index is 12.4. The minimum atomic E-state index is -0.263. The van der Waals surface area contributed by atoms with E-state index in [4.69, 9.17) is 27.6 Å². The number of aromatic hydroxyl groups is 1. The second-order valence-electron chi connectivity index (χ2n) is 6.37. The molecule has 0 fully saturated rings. The molecule has 2 heterocycles. The van der Waals surface area contributed by atoms with Gasteiger partial charge in [0.2, 0.25) is 5.89 Å². The number of aromatic nitrogens is 2. The van der Waals surface area contributed by atoms with Crippen molar-refractivity contribution in [2.45, 2.75) is 13.0 Å². The lowest BCUT2D eigenvalue weighted by atomic mass is 10.2. The molecule has 8 heteroatoms. The molecule has 0 radical (unpaired) electrons. The third kappa shape index (κ3) is 4.34. The quantitative estimate of drug-likeness (QED) is 0.448. The average molecular weight is 428 g/mol. The number of benzene rings is 2. The Hall–Kier alpha value is -3.09.